The van der Waals surface area contributed by atoms with Gasteiger partial charge in [0.15, 0.2) is 11.6 Å². The van der Waals surface area contributed by atoms with E-state index in [0.29, 0.717) is 24.5 Å². The van der Waals surface area contributed by atoms with Crippen LogP contribution >= 0.6 is 0 Å². The fourth-order valence-corrected chi connectivity index (χ4v) is 4.78. The summed E-state index contributed by atoms with van der Waals surface area (Å²) in [6.07, 6.45) is 0. The van der Waals surface area contributed by atoms with Crippen molar-refractivity contribution in [3.05, 3.63) is 53.1 Å². The van der Waals surface area contributed by atoms with Gasteiger partial charge in [0.2, 0.25) is 10.0 Å². The van der Waals surface area contributed by atoms with Gasteiger partial charge in [-0.2, -0.15) is 4.31 Å². The van der Waals surface area contributed by atoms with Crippen LogP contribution in [0.5, 0.6) is 5.75 Å². The summed E-state index contributed by atoms with van der Waals surface area (Å²) in [5.74, 6) is -1.50. The maximum Gasteiger partial charge on any atom is 0.246 e. The molecule has 0 bridgehead atoms. The van der Waals surface area contributed by atoms with Crippen molar-refractivity contribution in [2.24, 2.45) is 0 Å². The molecule has 1 heterocycles. The van der Waals surface area contributed by atoms with Gasteiger partial charge in [0.25, 0.3) is 0 Å². The molecule has 0 atom stereocenters. The highest BCUT2D eigenvalue weighted by molar-refractivity contribution is 7.89. The molecule has 0 radical (unpaired) electrons. The number of ether oxygens (including phenoxy) is 1. The van der Waals surface area contributed by atoms with Crippen LogP contribution in [0, 0.1) is 25.5 Å². The van der Waals surface area contributed by atoms with Gasteiger partial charge >= 0.3 is 0 Å². The molecule has 2 aromatic rings. The zero-order valence-electron chi connectivity index (χ0n) is 15.5. The molecular formula is C19H22F2N2O3S. The number of halogens is 2. The van der Waals surface area contributed by atoms with E-state index in [2.05, 4.69) is 0 Å². The van der Waals surface area contributed by atoms with Crippen molar-refractivity contribution in [3.63, 3.8) is 0 Å². The van der Waals surface area contributed by atoms with Gasteiger partial charge in [0.1, 0.15) is 10.6 Å². The summed E-state index contributed by atoms with van der Waals surface area (Å²) >= 11 is 0. The number of methoxy groups -OCH3 is 1. The van der Waals surface area contributed by atoms with Crippen LogP contribution in [0.15, 0.2) is 35.2 Å². The molecule has 1 aliphatic rings. The first-order chi connectivity index (χ1) is 12.7. The predicted molar refractivity (Wildman–Crippen MR) is 99.8 cm³/mol. The van der Waals surface area contributed by atoms with E-state index in [9.17, 15) is 17.2 Å². The minimum Gasteiger partial charge on any atom is -0.495 e. The molecular weight excluding hydrogens is 374 g/mol. The Morgan fingerprint density at radius 3 is 2.15 bits per heavy atom. The van der Waals surface area contributed by atoms with Gasteiger partial charge in [-0.25, -0.2) is 17.2 Å². The van der Waals surface area contributed by atoms with Crippen molar-refractivity contribution in [3.8, 4) is 5.75 Å². The van der Waals surface area contributed by atoms with E-state index in [4.69, 9.17) is 4.74 Å². The maximum atomic E-state index is 13.5. The van der Waals surface area contributed by atoms with Crippen molar-refractivity contribution in [1.82, 2.24) is 4.31 Å². The Balaban J connectivity index is 1.81. The zero-order valence-corrected chi connectivity index (χ0v) is 16.3. The van der Waals surface area contributed by atoms with Gasteiger partial charge in [-0.15, -0.1) is 0 Å². The Hall–Kier alpha value is -2.19. The highest BCUT2D eigenvalue weighted by Crippen LogP contribution is 2.31. The summed E-state index contributed by atoms with van der Waals surface area (Å²) in [5, 5.41) is 0. The van der Waals surface area contributed by atoms with Crippen molar-refractivity contribution in [2.45, 2.75) is 18.7 Å². The van der Waals surface area contributed by atoms with E-state index in [-0.39, 0.29) is 18.0 Å². The summed E-state index contributed by atoms with van der Waals surface area (Å²) in [5.41, 5.74) is 2.36. The SMILES string of the molecule is COc1cc(C)c(C)cc1S(=O)(=O)N1CCN(c2ccc(F)c(F)c2)CC1. The first-order valence-electron chi connectivity index (χ1n) is 8.59. The van der Waals surface area contributed by atoms with E-state index < -0.39 is 21.7 Å². The monoisotopic (exact) mass is 396 g/mol. The average molecular weight is 396 g/mol. The van der Waals surface area contributed by atoms with Crippen LogP contribution in [-0.2, 0) is 10.0 Å². The van der Waals surface area contributed by atoms with Crippen LogP contribution in [0.3, 0.4) is 0 Å². The Bertz CT molecular complexity index is 956. The van der Waals surface area contributed by atoms with Crippen LogP contribution in [0.4, 0.5) is 14.5 Å². The molecule has 1 aliphatic heterocycles. The number of sulfonamides is 1. The molecule has 27 heavy (non-hydrogen) atoms. The van der Waals surface area contributed by atoms with Crippen LogP contribution in [-0.4, -0.2) is 46.0 Å². The molecule has 3 rings (SSSR count). The third kappa shape index (κ3) is 3.77. The lowest BCUT2D eigenvalue weighted by Crippen LogP contribution is -2.48. The maximum absolute atomic E-state index is 13.5. The van der Waals surface area contributed by atoms with Gasteiger partial charge in [0.05, 0.1) is 7.11 Å². The minimum atomic E-state index is -3.72. The van der Waals surface area contributed by atoms with Gasteiger partial charge < -0.3 is 9.64 Å². The number of rotatable bonds is 4. The molecule has 0 unspecified atom stereocenters. The molecule has 0 aliphatic carbocycles. The Labute approximate surface area is 158 Å². The molecule has 1 saturated heterocycles. The third-order valence-corrected chi connectivity index (χ3v) is 6.82. The van der Waals surface area contributed by atoms with E-state index in [1.165, 1.54) is 17.5 Å². The molecule has 1 fully saturated rings. The van der Waals surface area contributed by atoms with E-state index >= 15 is 0 Å². The number of aryl methyl sites for hydroxylation is 2. The average Bonchev–Trinajstić information content (AvgIpc) is 2.65. The summed E-state index contributed by atoms with van der Waals surface area (Å²) < 4.78 is 59.4. The van der Waals surface area contributed by atoms with Crippen molar-refractivity contribution in [2.75, 3.05) is 38.2 Å². The molecule has 0 N–H and O–H groups in total. The fourth-order valence-electron chi connectivity index (χ4n) is 3.13. The Morgan fingerprint density at radius 2 is 1.56 bits per heavy atom. The van der Waals surface area contributed by atoms with E-state index in [0.717, 1.165) is 23.3 Å². The second-order valence-electron chi connectivity index (χ2n) is 6.58. The molecule has 8 heteroatoms. The smallest absolute Gasteiger partial charge is 0.246 e. The Kier molecular flexibility index (Phi) is 5.39. The zero-order chi connectivity index (χ0) is 19.8. The molecule has 146 valence electrons. The number of nitrogens with zero attached hydrogens (tertiary/aromatic N) is 2. The third-order valence-electron chi connectivity index (χ3n) is 4.90. The number of benzene rings is 2. The van der Waals surface area contributed by atoms with Gasteiger partial charge in [0, 0.05) is 37.9 Å². The second-order valence-corrected chi connectivity index (χ2v) is 8.48. The summed E-state index contributed by atoms with van der Waals surface area (Å²) in [6, 6.07) is 7.06. The molecule has 2 aromatic carbocycles. The van der Waals surface area contributed by atoms with Crippen molar-refractivity contribution >= 4 is 15.7 Å². The minimum absolute atomic E-state index is 0.148. The molecule has 0 spiro atoms. The number of hydrogen-bond acceptors (Lipinski definition) is 4. The predicted octanol–water partition coefficient (Wildman–Crippen LogP) is 3.10. The highest BCUT2D eigenvalue weighted by atomic mass is 32.2. The van der Waals surface area contributed by atoms with Crippen molar-refractivity contribution < 1.29 is 21.9 Å². The lowest BCUT2D eigenvalue weighted by Gasteiger charge is -2.35. The fraction of sp³-hybridized carbons (Fsp3) is 0.368. The molecule has 0 amide bonds. The summed E-state index contributed by atoms with van der Waals surface area (Å²) in [6.45, 7) is 5.02. The lowest BCUT2D eigenvalue weighted by atomic mass is 10.1. The summed E-state index contributed by atoms with van der Waals surface area (Å²) in [7, 11) is -2.27. The first kappa shape index (κ1) is 19.6. The second kappa shape index (κ2) is 7.44. The van der Waals surface area contributed by atoms with Crippen molar-refractivity contribution in [1.29, 1.82) is 0 Å². The van der Waals surface area contributed by atoms with Crippen LogP contribution in [0.25, 0.3) is 0 Å². The number of hydrogen-bond donors (Lipinski definition) is 0. The molecule has 0 saturated carbocycles. The number of anilines is 1. The largest absolute Gasteiger partial charge is 0.495 e. The van der Waals surface area contributed by atoms with Gasteiger partial charge in [-0.3, -0.25) is 0 Å². The van der Waals surface area contributed by atoms with Gasteiger partial charge in [-0.05, 0) is 49.2 Å². The Morgan fingerprint density at radius 1 is 0.926 bits per heavy atom. The van der Waals surface area contributed by atoms with E-state index in [1.807, 2.05) is 18.7 Å². The van der Waals surface area contributed by atoms with Gasteiger partial charge in [-0.1, -0.05) is 0 Å². The quantitative estimate of drug-likeness (QED) is 0.797. The standard InChI is InChI=1S/C19H22F2N2O3S/c1-13-10-18(26-3)19(11-14(13)2)27(24,25)23-8-6-22(7-9-23)15-4-5-16(20)17(21)12-15/h4-5,10-12H,6-9H2,1-3H3. The highest BCUT2D eigenvalue weighted by Gasteiger charge is 2.31. The van der Waals surface area contributed by atoms with Crippen LogP contribution in [0.2, 0.25) is 0 Å². The molecule has 0 aromatic heterocycles. The number of piperazine rings is 1. The van der Waals surface area contributed by atoms with E-state index in [1.54, 1.807) is 12.1 Å². The topological polar surface area (TPSA) is 49.9 Å². The van der Waals surface area contributed by atoms with Crippen LogP contribution < -0.4 is 9.64 Å². The first-order valence-corrected chi connectivity index (χ1v) is 10.0. The summed E-state index contributed by atoms with van der Waals surface area (Å²) in [4.78, 5) is 1.99. The van der Waals surface area contributed by atoms with Crippen LogP contribution in [0.1, 0.15) is 11.1 Å². The lowest BCUT2D eigenvalue weighted by molar-refractivity contribution is 0.374. The normalized spacial score (nSPS) is 15.8. The molecule has 5 nitrogen and oxygen atoms in total.